The highest BCUT2D eigenvalue weighted by molar-refractivity contribution is 5.43. The predicted molar refractivity (Wildman–Crippen MR) is 83.0 cm³/mol. The number of rotatable bonds is 7. The van der Waals surface area contributed by atoms with Crippen LogP contribution in [0.1, 0.15) is 0 Å². The lowest BCUT2D eigenvalue weighted by Gasteiger charge is -2.45. The zero-order chi connectivity index (χ0) is 15.9. The molecule has 1 N–H and O–H groups in total. The molecule has 1 aromatic rings. The zero-order valence-corrected chi connectivity index (χ0v) is 13.5. The minimum absolute atomic E-state index is 0.243. The lowest BCUT2D eigenvalue weighted by atomic mass is 9.97. The summed E-state index contributed by atoms with van der Waals surface area (Å²) in [5.41, 5.74) is 0.955. The lowest BCUT2D eigenvalue weighted by molar-refractivity contribution is -0.243. The molecule has 1 aliphatic rings. The highest BCUT2D eigenvalue weighted by Gasteiger charge is 2.47. The summed E-state index contributed by atoms with van der Waals surface area (Å²) in [6.45, 7) is 0.418. The fourth-order valence-corrected chi connectivity index (χ4v) is 2.84. The molecule has 0 aliphatic carbocycles. The van der Waals surface area contributed by atoms with Gasteiger partial charge in [-0.3, -0.25) is 0 Å². The second kappa shape index (κ2) is 8.45. The molecule has 1 aliphatic heterocycles. The number of methoxy groups -OCH3 is 4. The molecule has 6 heteroatoms. The molecule has 6 nitrogen and oxygen atoms in total. The number of nitrogens with one attached hydrogen (secondary N) is 1. The predicted octanol–water partition coefficient (Wildman–Crippen LogP) is 1.51. The number of hydrogen-bond acceptors (Lipinski definition) is 6. The van der Waals surface area contributed by atoms with E-state index in [-0.39, 0.29) is 30.6 Å². The number of benzene rings is 1. The Labute approximate surface area is 131 Å². The van der Waals surface area contributed by atoms with Crippen LogP contribution in [0.3, 0.4) is 0 Å². The van der Waals surface area contributed by atoms with Gasteiger partial charge in [0.25, 0.3) is 0 Å². The third-order valence-electron chi connectivity index (χ3n) is 3.86. The fourth-order valence-electron chi connectivity index (χ4n) is 2.84. The van der Waals surface area contributed by atoms with Crippen LogP contribution in [0.25, 0.3) is 0 Å². The van der Waals surface area contributed by atoms with Crippen molar-refractivity contribution in [1.82, 2.24) is 0 Å². The first-order valence-corrected chi connectivity index (χ1v) is 7.29. The van der Waals surface area contributed by atoms with Crippen molar-refractivity contribution in [2.24, 2.45) is 0 Å². The molecule has 1 saturated heterocycles. The SMILES string of the molecule is COCC1OC(Nc2ccccc2)C(OC)C(OC)C1OC. The Morgan fingerprint density at radius 2 is 1.55 bits per heavy atom. The van der Waals surface area contributed by atoms with Gasteiger partial charge in [0.2, 0.25) is 0 Å². The smallest absolute Gasteiger partial charge is 0.157 e. The van der Waals surface area contributed by atoms with Crippen molar-refractivity contribution in [3.05, 3.63) is 30.3 Å². The van der Waals surface area contributed by atoms with E-state index in [1.54, 1.807) is 28.4 Å². The molecule has 0 bridgehead atoms. The van der Waals surface area contributed by atoms with Gasteiger partial charge in [-0.05, 0) is 12.1 Å². The largest absolute Gasteiger partial charge is 0.382 e. The fraction of sp³-hybridized carbons (Fsp3) is 0.625. The van der Waals surface area contributed by atoms with Gasteiger partial charge in [0.1, 0.15) is 24.4 Å². The van der Waals surface area contributed by atoms with Crippen LogP contribution in [-0.4, -0.2) is 65.7 Å². The van der Waals surface area contributed by atoms with Crippen molar-refractivity contribution in [2.75, 3.05) is 40.4 Å². The van der Waals surface area contributed by atoms with E-state index >= 15 is 0 Å². The molecule has 0 saturated carbocycles. The summed E-state index contributed by atoms with van der Waals surface area (Å²) in [5, 5.41) is 3.34. The molecular formula is C16H25NO5. The van der Waals surface area contributed by atoms with E-state index in [1.807, 2.05) is 30.3 Å². The van der Waals surface area contributed by atoms with Gasteiger partial charge in [-0.1, -0.05) is 18.2 Å². The quantitative estimate of drug-likeness (QED) is 0.824. The third-order valence-corrected chi connectivity index (χ3v) is 3.86. The molecule has 22 heavy (non-hydrogen) atoms. The van der Waals surface area contributed by atoms with Crippen molar-refractivity contribution >= 4 is 5.69 Å². The van der Waals surface area contributed by atoms with E-state index in [0.29, 0.717) is 6.61 Å². The summed E-state index contributed by atoms with van der Waals surface area (Å²) in [4.78, 5) is 0. The van der Waals surface area contributed by atoms with E-state index < -0.39 is 0 Å². The zero-order valence-electron chi connectivity index (χ0n) is 13.5. The highest BCUT2D eigenvalue weighted by Crippen LogP contribution is 2.28. The molecule has 1 heterocycles. The van der Waals surface area contributed by atoms with Crippen LogP contribution in [0.2, 0.25) is 0 Å². The summed E-state index contributed by atoms with van der Waals surface area (Å²) in [5.74, 6) is 0. The average Bonchev–Trinajstić information content (AvgIpc) is 2.55. The van der Waals surface area contributed by atoms with Gasteiger partial charge >= 0.3 is 0 Å². The maximum Gasteiger partial charge on any atom is 0.157 e. The summed E-state index contributed by atoms with van der Waals surface area (Å²) in [7, 11) is 6.57. The van der Waals surface area contributed by atoms with E-state index in [4.69, 9.17) is 23.7 Å². The highest BCUT2D eigenvalue weighted by atomic mass is 16.6. The van der Waals surface area contributed by atoms with Crippen LogP contribution >= 0.6 is 0 Å². The molecule has 0 radical (unpaired) electrons. The van der Waals surface area contributed by atoms with Crippen LogP contribution in [-0.2, 0) is 23.7 Å². The maximum atomic E-state index is 6.10. The van der Waals surface area contributed by atoms with Crippen LogP contribution < -0.4 is 5.32 Å². The Morgan fingerprint density at radius 1 is 0.909 bits per heavy atom. The van der Waals surface area contributed by atoms with E-state index in [9.17, 15) is 0 Å². The van der Waals surface area contributed by atoms with E-state index in [1.165, 1.54) is 0 Å². The van der Waals surface area contributed by atoms with Gasteiger partial charge < -0.3 is 29.0 Å². The van der Waals surface area contributed by atoms with Crippen LogP contribution in [0, 0.1) is 0 Å². The Balaban J connectivity index is 2.19. The van der Waals surface area contributed by atoms with Crippen LogP contribution in [0.4, 0.5) is 5.69 Å². The minimum atomic E-state index is -0.358. The van der Waals surface area contributed by atoms with Crippen LogP contribution in [0.5, 0.6) is 0 Å². The van der Waals surface area contributed by atoms with E-state index in [2.05, 4.69) is 5.32 Å². The number of ether oxygens (including phenoxy) is 5. The molecule has 5 unspecified atom stereocenters. The Bertz CT molecular complexity index is 430. The Kier molecular flexibility index (Phi) is 6.60. The first-order valence-electron chi connectivity index (χ1n) is 7.29. The molecule has 2 rings (SSSR count). The first-order chi connectivity index (χ1) is 10.7. The molecule has 0 amide bonds. The lowest BCUT2D eigenvalue weighted by Crippen LogP contribution is -2.62. The number of hydrogen-bond donors (Lipinski definition) is 1. The van der Waals surface area contributed by atoms with E-state index in [0.717, 1.165) is 5.69 Å². The summed E-state index contributed by atoms with van der Waals surface area (Å²) in [6.07, 6.45) is -1.42. The monoisotopic (exact) mass is 311 g/mol. The van der Waals surface area contributed by atoms with Crippen LogP contribution in [0.15, 0.2) is 30.3 Å². The summed E-state index contributed by atoms with van der Waals surface area (Å²) in [6, 6.07) is 9.85. The second-order valence-electron chi connectivity index (χ2n) is 5.16. The number of anilines is 1. The van der Waals surface area contributed by atoms with Gasteiger partial charge in [-0.2, -0.15) is 0 Å². The van der Waals surface area contributed by atoms with Crippen molar-refractivity contribution in [3.63, 3.8) is 0 Å². The van der Waals surface area contributed by atoms with Gasteiger partial charge in [0.05, 0.1) is 6.61 Å². The molecule has 1 aromatic carbocycles. The van der Waals surface area contributed by atoms with Gasteiger partial charge in [-0.15, -0.1) is 0 Å². The molecule has 124 valence electrons. The Hall–Kier alpha value is -1.18. The third kappa shape index (κ3) is 3.77. The van der Waals surface area contributed by atoms with Crippen molar-refractivity contribution in [2.45, 2.75) is 30.6 Å². The van der Waals surface area contributed by atoms with Gasteiger partial charge in [0.15, 0.2) is 6.23 Å². The maximum absolute atomic E-state index is 6.10. The minimum Gasteiger partial charge on any atom is -0.382 e. The van der Waals surface area contributed by atoms with Crippen molar-refractivity contribution in [3.8, 4) is 0 Å². The van der Waals surface area contributed by atoms with Crippen molar-refractivity contribution in [1.29, 1.82) is 0 Å². The molecule has 1 fully saturated rings. The topological polar surface area (TPSA) is 58.2 Å². The van der Waals surface area contributed by atoms with Gasteiger partial charge in [0, 0.05) is 34.1 Å². The van der Waals surface area contributed by atoms with Crippen molar-refractivity contribution < 1.29 is 23.7 Å². The van der Waals surface area contributed by atoms with Gasteiger partial charge in [-0.25, -0.2) is 0 Å². The summed E-state index contributed by atoms with van der Waals surface area (Å²) < 4.78 is 28.1. The molecule has 0 aromatic heterocycles. The standard InChI is InChI=1S/C16H25NO5/c1-18-10-12-13(19-2)14(20-3)15(21-4)16(22-12)17-11-8-6-5-7-9-11/h5-9,12-17H,10H2,1-4H3. The second-order valence-corrected chi connectivity index (χ2v) is 5.16. The number of para-hydroxylation sites is 1. The normalized spacial score (nSPS) is 31.9. The molecular weight excluding hydrogens is 286 g/mol. The summed E-state index contributed by atoms with van der Waals surface area (Å²) >= 11 is 0. The average molecular weight is 311 g/mol. The molecule has 5 atom stereocenters. The first kappa shape index (κ1) is 17.2. The molecule has 0 spiro atoms. The Morgan fingerprint density at radius 3 is 2.09 bits per heavy atom.